The molecule has 34 heavy (non-hydrogen) atoms. The van der Waals surface area contributed by atoms with Crippen LogP contribution in [0.15, 0.2) is 78.9 Å². The summed E-state index contributed by atoms with van der Waals surface area (Å²) < 4.78 is 38.7. The molecule has 6 heteroatoms. The van der Waals surface area contributed by atoms with Gasteiger partial charge in [0.2, 0.25) is 0 Å². The third-order valence-corrected chi connectivity index (χ3v) is 6.41. The number of halogens is 3. The van der Waals surface area contributed by atoms with Gasteiger partial charge in [0.15, 0.2) is 0 Å². The molecule has 0 radical (unpaired) electrons. The molecule has 0 saturated carbocycles. The second kappa shape index (κ2) is 10.9. The molecule has 1 aliphatic heterocycles. The van der Waals surface area contributed by atoms with Crippen molar-refractivity contribution in [1.29, 1.82) is 0 Å². The lowest BCUT2D eigenvalue weighted by Crippen LogP contribution is -2.41. The van der Waals surface area contributed by atoms with Gasteiger partial charge in [0.25, 0.3) is 5.91 Å². The van der Waals surface area contributed by atoms with E-state index in [4.69, 9.17) is 0 Å². The lowest BCUT2D eigenvalue weighted by atomic mass is 9.96. The van der Waals surface area contributed by atoms with Gasteiger partial charge in [0.1, 0.15) is 0 Å². The zero-order valence-corrected chi connectivity index (χ0v) is 19.0. The Labute approximate surface area is 198 Å². The van der Waals surface area contributed by atoms with E-state index in [1.807, 2.05) is 6.07 Å². The van der Waals surface area contributed by atoms with Gasteiger partial charge >= 0.3 is 6.18 Å². The minimum Gasteiger partial charge on any atom is -0.352 e. The molecular weight excluding hydrogens is 437 g/mol. The molecule has 1 unspecified atom stereocenters. The van der Waals surface area contributed by atoms with E-state index in [1.54, 1.807) is 24.3 Å². The van der Waals surface area contributed by atoms with Crippen LogP contribution in [0.25, 0.3) is 11.1 Å². The maximum atomic E-state index is 13.0. The number of carbonyl (C=O) groups excluding carboxylic acids is 1. The molecule has 1 aliphatic rings. The molecule has 1 fully saturated rings. The number of piperidine rings is 1. The van der Waals surface area contributed by atoms with Crippen LogP contribution in [0.4, 0.5) is 13.2 Å². The summed E-state index contributed by atoms with van der Waals surface area (Å²) >= 11 is 0. The topological polar surface area (TPSA) is 32.3 Å². The number of hydrogen-bond donors (Lipinski definition) is 1. The highest BCUT2D eigenvalue weighted by atomic mass is 19.4. The summed E-state index contributed by atoms with van der Waals surface area (Å²) in [6, 6.07) is 22.4. The van der Waals surface area contributed by atoms with Crippen LogP contribution < -0.4 is 5.32 Å². The zero-order chi connectivity index (χ0) is 24.0. The van der Waals surface area contributed by atoms with Crippen molar-refractivity contribution in [2.45, 2.75) is 25.4 Å². The molecule has 0 aromatic heterocycles. The normalized spacial score (nSPS) is 16.9. The average Bonchev–Trinajstić information content (AvgIpc) is 2.86. The quantitative estimate of drug-likeness (QED) is 0.459. The molecule has 178 valence electrons. The summed E-state index contributed by atoms with van der Waals surface area (Å²) in [7, 11) is 0. The van der Waals surface area contributed by atoms with E-state index in [-0.39, 0.29) is 5.91 Å². The van der Waals surface area contributed by atoms with Gasteiger partial charge in [-0.15, -0.1) is 0 Å². The number of rotatable bonds is 7. The molecule has 0 spiro atoms. The molecule has 3 aromatic rings. The minimum atomic E-state index is -4.38. The van der Waals surface area contributed by atoms with Crippen molar-refractivity contribution in [3.05, 3.63) is 95.6 Å². The maximum Gasteiger partial charge on any atom is 0.416 e. The highest BCUT2D eigenvalue weighted by molar-refractivity contribution is 6.00. The summed E-state index contributed by atoms with van der Waals surface area (Å²) in [5, 5.41) is 3.06. The summed E-state index contributed by atoms with van der Waals surface area (Å²) in [6.45, 7) is 3.62. The van der Waals surface area contributed by atoms with E-state index in [0.717, 1.165) is 51.0 Å². The fourth-order valence-corrected chi connectivity index (χ4v) is 4.56. The highest BCUT2D eigenvalue weighted by Crippen LogP contribution is 2.32. The van der Waals surface area contributed by atoms with Crippen LogP contribution in [0, 0.1) is 5.92 Å². The Morgan fingerprint density at radius 3 is 2.38 bits per heavy atom. The number of amides is 1. The molecule has 1 saturated heterocycles. The van der Waals surface area contributed by atoms with E-state index < -0.39 is 11.7 Å². The first-order valence-corrected chi connectivity index (χ1v) is 11.7. The first-order chi connectivity index (χ1) is 16.4. The second-order valence-corrected chi connectivity index (χ2v) is 8.88. The third kappa shape index (κ3) is 6.26. The Kier molecular flexibility index (Phi) is 7.68. The maximum absolute atomic E-state index is 13.0. The third-order valence-electron chi connectivity index (χ3n) is 6.41. The van der Waals surface area contributed by atoms with Crippen molar-refractivity contribution < 1.29 is 18.0 Å². The average molecular weight is 467 g/mol. The number of likely N-dealkylation sites (tertiary alicyclic amines) is 1. The summed E-state index contributed by atoms with van der Waals surface area (Å²) in [5.74, 6) is 0.184. The van der Waals surface area contributed by atoms with E-state index in [9.17, 15) is 18.0 Å². The predicted molar refractivity (Wildman–Crippen MR) is 129 cm³/mol. The predicted octanol–water partition coefficient (Wildman–Crippen LogP) is 6.06. The van der Waals surface area contributed by atoms with Gasteiger partial charge in [-0.05, 0) is 66.6 Å². The van der Waals surface area contributed by atoms with Crippen LogP contribution >= 0.6 is 0 Å². The van der Waals surface area contributed by atoms with Gasteiger partial charge in [0.05, 0.1) is 5.56 Å². The van der Waals surface area contributed by atoms with Crippen LogP contribution in [0.2, 0.25) is 0 Å². The van der Waals surface area contributed by atoms with Gasteiger partial charge in [-0.2, -0.15) is 13.2 Å². The summed E-state index contributed by atoms with van der Waals surface area (Å²) in [5.41, 5.74) is 2.31. The molecule has 0 aliphatic carbocycles. The zero-order valence-electron chi connectivity index (χ0n) is 19.0. The molecular formula is C28H29F3N2O. The van der Waals surface area contributed by atoms with Crippen molar-refractivity contribution in [1.82, 2.24) is 10.2 Å². The monoisotopic (exact) mass is 466 g/mol. The first kappa shape index (κ1) is 24.0. The summed E-state index contributed by atoms with van der Waals surface area (Å²) in [6.07, 6.45) is -1.19. The van der Waals surface area contributed by atoms with Crippen molar-refractivity contribution in [2.24, 2.45) is 5.92 Å². The van der Waals surface area contributed by atoms with Crippen molar-refractivity contribution >= 4 is 5.91 Å². The standard InChI is InChI=1S/C28H29F3N2O/c29-28(30,31)24-14-12-23(13-15-24)25-10-4-5-11-26(25)27(34)32-19-22-9-6-17-33(20-22)18-16-21-7-2-1-3-8-21/h1-5,7-8,10-15,22H,6,9,16-20H2,(H,32,34). The number of nitrogens with one attached hydrogen (secondary N) is 1. The van der Waals surface area contributed by atoms with Gasteiger partial charge in [-0.3, -0.25) is 4.79 Å². The Morgan fingerprint density at radius 2 is 1.65 bits per heavy atom. The molecule has 4 rings (SSSR count). The van der Waals surface area contributed by atoms with Gasteiger partial charge < -0.3 is 10.2 Å². The number of hydrogen-bond acceptors (Lipinski definition) is 2. The molecule has 1 amide bonds. The fraction of sp³-hybridized carbons (Fsp3) is 0.321. The fourth-order valence-electron chi connectivity index (χ4n) is 4.56. The van der Waals surface area contributed by atoms with Gasteiger partial charge in [0, 0.05) is 25.2 Å². The largest absolute Gasteiger partial charge is 0.416 e. The smallest absolute Gasteiger partial charge is 0.352 e. The Balaban J connectivity index is 1.35. The van der Waals surface area contributed by atoms with Crippen LogP contribution in [0.3, 0.4) is 0 Å². The van der Waals surface area contributed by atoms with Crippen molar-refractivity contribution in [2.75, 3.05) is 26.2 Å². The lowest BCUT2D eigenvalue weighted by Gasteiger charge is -2.32. The molecule has 1 heterocycles. The molecule has 3 aromatic carbocycles. The van der Waals surface area contributed by atoms with Crippen LogP contribution in [0.1, 0.15) is 34.3 Å². The molecule has 3 nitrogen and oxygen atoms in total. The number of carbonyl (C=O) groups is 1. The summed E-state index contributed by atoms with van der Waals surface area (Å²) in [4.78, 5) is 15.5. The highest BCUT2D eigenvalue weighted by Gasteiger charge is 2.30. The second-order valence-electron chi connectivity index (χ2n) is 8.88. The first-order valence-electron chi connectivity index (χ1n) is 11.7. The number of benzene rings is 3. The van der Waals surface area contributed by atoms with E-state index in [2.05, 4.69) is 34.5 Å². The van der Waals surface area contributed by atoms with Crippen molar-refractivity contribution in [3.8, 4) is 11.1 Å². The van der Waals surface area contributed by atoms with Crippen LogP contribution in [-0.4, -0.2) is 37.0 Å². The van der Waals surface area contributed by atoms with Crippen LogP contribution in [-0.2, 0) is 12.6 Å². The number of alkyl halides is 3. The Morgan fingerprint density at radius 1 is 0.941 bits per heavy atom. The Hall–Kier alpha value is -3.12. The number of nitrogens with zero attached hydrogens (tertiary/aromatic N) is 1. The van der Waals surface area contributed by atoms with Gasteiger partial charge in [-0.1, -0.05) is 60.7 Å². The van der Waals surface area contributed by atoms with E-state index in [1.165, 1.54) is 17.7 Å². The SMILES string of the molecule is O=C(NCC1CCCN(CCc2ccccc2)C1)c1ccccc1-c1ccc(C(F)(F)F)cc1. The van der Waals surface area contributed by atoms with Crippen LogP contribution in [0.5, 0.6) is 0 Å². The minimum absolute atomic E-state index is 0.197. The van der Waals surface area contributed by atoms with E-state index >= 15 is 0 Å². The molecule has 0 bridgehead atoms. The Bertz CT molecular complexity index is 1080. The van der Waals surface area contributed by atoms with E-state index in [0.29, 0.717) is 29.2 Å². The lowest BCUT2D eigenvalue weighted by molar-refractivity contribution is -0.137. The van der Waals surface area contributed by atoms with Gasteiger partial charge in [-0.25, -0.2) is 0 Å². The molecule has 1 N–H and O–H groups in total. The molecule has 1 atom stereocenters. The van der Waals surface area contributed by atoms with Crippen molar-refractivity contribution in [3.63, 3.8) is 0 Å².